The van der Waals surface area contributed by atoms with Crippen molar-refractivity contribution in [3.63, 3.8) is 0 Å². The Morgan fingerprint density at radius 3 is 2.36 bits per heavy atom. The van der Waals surface area contributed by atoms with E-state index in [0.29, 0.717) is 11.5 Å². The number of amides is 1. The molecular formula is C27H27N5O. The van der Waals surface area contributed by atoms with Crippen LogP contribution in [-0.4, -0.2) is 46.4 Å². The number of hydrogen-bond donors (Lipinski definition) is 1. The summed E-state index contributed by atoms with van der Waals surface area (Å²) in [7, 11) is 4.10. The fourth-order valence-corrected chi connectivity index (χ4v) is 3.60. The van der Waals surface area contributed by atoms with E-state index >= 15 is 0 Å². The number of aryl methyl sites for hydroxylation is 1. The van der Waals surface area contributed by atoms with Gasteiger partial charge in [-0.3, -0.25) is 9.78 Å². The lowest BCUT2D eigenvalue weighted by Crippen LogP contribution is -2.17. The molecule has 0 aliphatic rings. The van der Waals surface area contributed by atoms with Crippen molar-refractivity contribution in [1.82, 2.24) is 19.9 Å². The average Bonchev–Trinajstić information content (AvgIpc) is 2.85. The largest absolute Gasteiger partial charge is 0.320 e. The van der Waals surface area contributed by atoms with Crippen molar-refractivity contribution in [1.29, 1.82) is 0 Å². The van der Waals surface area contributed by atoms with E-state index in [4.69, 9.17) is 4.98 Å². The molecule has 0 fully saturated rings. The van der Waals surface area contributed by atoms with E-state index in [2.05, 4.69) is 34.3 Å². The third kappa shape index (κ3) is 5.87. The molecule has 4 rings (SSSR count). The Kier molecular flexibility index (Phi) is 7.17. The first-order valence-electron chi connectivity index (χ1n) is 11.0. The summed E-state index contributed by atoms with van der Waals surface area (Å²) in [6, 6.07) is 23.1. The van der Waals surface area contributed by atoms with Gasteiger partial charge in [0.2, 0.25) is 0 Å². The van der Waals surface area contributed by atoms with Gasteiger partial charge in [0.25, 0.3) is 5.91 Å². The maximum atomic E-state index is 13.3. The van der Waals surface area contributed by atoms with Gasteiger partial charge in [-0.1, -0.05) is 48.5 Å². The van der Waals surface area contributed by atoms with Crippen LogP contribution in [0.25, 0.3) is 22.5 Å². The van der Waals surface area contributed by atoms with E-state index in [1.807, 2.05) is 66.7 Å². The molecule has 166 valence electrons. The average molecular weight is 438 g/mol. The first-order chi connectivity index (χ1) is 16.1. The van der Waals surface area contributed by atoms with Crippen LogP contribution in [0.2, 0.25) is 0 Å². The monoisotopic (exact) mass is 437 g/mol. The maximum Gasteiger partial charge on any atom is 0.274 e. The van der Waals surface area contributed by atoms with Gasteiger partial charge < -0.3 is 10.2 Å². The molecule has 2 heterocycles. The highest BCUT2D eigenvalue weighted by atomic mass is 16.1. The molecule has 0 saturated carbocycles. The van der Waals surface area contributed by atoms with Crippen LogP contribution in [0.15, 0.2) is 85.2 Å². The number of benzene rings is 2. The number of pyridine rings is 1. The predicted molar refractivity (Wildman–Crippen MR) is 132 cm³/mol. The van der Waals surface area contributed by atoms with Gasteiger partial charge in [-0.15, -0.1) is 0 Å². The van der Waals surface area contributed by atoms with Gasteiger partial charge in [-0.2, -0.15) is 0 Å². The van der Waals surface area contributed by atoms with Crippen molar-refractivity contribution in [2.75, 3.05) is 26.0 Å². The first kappa shape index (κ1) is 22.3. The number of rotatable bonds is 8. The number of hydrogen-bond acceptors (Lipinski definition) is 5. The Morgan fingerprint density at radius 2 is 1.61 bits per heavy atom. The van der Waals surface area contributed by atoms with E-state index in [1.165, 1.54) is 0 Å². The minimum Gasteiger partial charge on any atom is -0.320 e. The number of anilines is 1. The predicted octanol–water partition coefficient (Wildman–Crippen LogP) is 4.95. The molecule has 4 aromatic rings. The van der Waals surface area contributed by atoms with E-state index in [0.717, 1.165) is 47.5 Å². The van der Waals surface area contributed by atoms with Crippen molar-refractivity contribution >= 4 is 11.6 Å². The summed E-state index contributed by atoms with van der Waals surface area (Å²) in [4.78, 5) is 28.9. The Balaban J connectivity index is 1.65. The molecule has 33 heavy (non-hydrogen) atoms. The molecule has 1 amide bonds. The van der Waals surface area contributed by atoms with Crippen molar-refractivity contribution < 1.29 is 4.79 Å². The number of carbonyl (C=O) groups excluding carboxylic acids is 1. The summed E-state index contributed by atoms with van der Waals surface area (Å²) >= 11 is 0. The second-order valence-electron chi connectivity index (χ2n) is 8.08. The van der Waals surface area contributed by atoms with Crippen LogP contribution < -0.4 is 5.32 Å². The lowest BCUT2D eigenvalue weighted by molar-refractivity contribution is 0.102. The molecule has 2 aromatic heterocycles. The Hall–Kier alpha value is -3.90. The summed E-state index contributed by atoms with van der Waals surface area (Å²) in [6.07, 6.45) is 5.20. The summed E-state index contributed by atoms with van der Waals surface area (Å²) in [5.41, 5.74) is 4.74. The third-order valence-corrected chi connectivity index (χ3v) is 5.25. The molecule has 0 spiro atoms. The highest BCUT2D eigenvalue weighted by molar-refractivity contribution is 6.05. The van der Waals surface area contributed by atoms with E-state index in [-0.39, 0.29) is 5.91 Å². The van der Waals surface area contributed by atoms with Gasteiger partial charge >= 0.3 is 0 Å². The van der Waals surface area contributed by atoms with Crippen LogP contribution in [0.3, 0.4) is 0 Å². The zero-order valence-corrected chi connectivity index (χ0v) is 18.9. The lowest BCUT2D eigenvalue weighted by atomic mass is 10.0. The van der Waals surface area contributed by atoms with Gasteiger partial charge in [0.05, 0.1) is 0 Å². The van der Waals surface area contributed by atoms with E-state index in [1.54, 1.807) is 18.5 Å². The molecule has 2 aromatic carbocycles. The summed E-state index contributed by atoms with van der Waals surface area (Å²) in [5, 5.41) is 3.05. The quantitative estimate of drug-likeness (QED) is 0.422. The standard InChI is InChI=1S/C27H27N5O/c1-32(2)18-8-11-22-19-25(30-26(29-22)21-9-4-3-5-10-21)27(33)31-24-13-7-6-12-23(24)20-14-16-28-17-15-20/h3-7,9-10,12-17,19H,8,11,18H2,1-2H3,(H,31,33). The van der Waals surface area contributed by atoms with Crippen LogP contribution in [0, 0.1) is 0 Å². The fraction of sp³-hybridized carbons (Fsp3) is 0.185. The molecule has 0 radical (unpaired) electrons. The lowest BCUT2D eigenvalue weighted by Gasteiger charge is -2.13. The minimum absolute atomic E-state index is 0.259. The van der Waals surface area contributed by atoms with Gasteiger partial charge in [-0.25, -0.2) is 9.97 Å². The van der Waals surface area contributed by atoms with Crippen LogP contribution in [-0.2, 0) is 6.42 Å². The van der Waals surface area contributed by atoms with Gasteiger partial charge in [0, 0.05) is 34.9 Å². The van der Waals surface area contributed by atoms with Crippen molar-refractivity contribution in [3.8, 4) is 22.5 Å². The molecule has 0 unspecified atom stereocenters. The van der Waals surface area contributed by atoms with Gasteiger partial charge in [0.1, 0.15) is 5.69 Å². The summed E-state index contributed by atoms with van der Waals surface area (Å²) < 4.78 is 0. The fourth-order valence-electron chi connectivity index (χ4n) is 3.60. The number of aromatic nitrogens is 3. The van der Waals surface area contributed by atoms with Crippen LogP contribution >= 0.6 is 0 Å². The number of nitrogens with one attached hydrogen (secondary N) is 1. The first-order valence-corrected chi connectivity index (χ1v) is 11.0. The Morgan fingerprint density at radius 1 is 0.879 bits per heavy atom. The molecule has 0 atom stereocenters. The highest BCUT2D eigenvalue weighted by Gasteiger charge is 2.15. The second-order valence-corrected chi connectivity index (χ2v) is 8.08. The molecule has 6 nitrogen and oxygen atoms in total. The van der Waals surface area contributed by atoms with Crippen molar-refractivity contribution in [2.24, 2.45) is 0 Å². The summed E-state index contributed by atoms with van der Waals surface area (Å²) in [6.45, 7) is 0.950. The number of nitrogens with zero attached hydrogens (tertiary/aromatic N) is 4. The van der Waals surface area contributed by atoms with Crippen molar-refractivity contribution in [3.05, 3.63) is 96.6 Å². The van der Waals surface area contributed by atoms with Crippen molar-refractivity contribution in [2.45, 2.75) is 12.8 Å². The summed E-state index contributed by atoms with van der Waals surface area (Å²) in [5.74, 6) is 0.301. The van der Waals surface area contributed by atoms with E-state index in [9.17, 15) is 4.79 Å². The second kappa shape index (κ2) is 10.6. The Bertz CT molecular complexity index is 1210. The highest BCUT2D eigenvalue weighted by Crippen LogP contribution is 2.27. The third-order valence-electron chi connectivity index (χ3n) is 5.25. The maximum absolute atomic E-state index is 13.3. The smallest absolute Gasteiger partial charge is 0.274 e. The topological polar surface area (TPSA) is 71.0 Å². The molecule has 0 aliphatic heterocycles. The van der Waals surface area contributed by atoms with E-state index < -0.39 is 0 Å². The van der Waals surface area contributed by atoms with Crippen LogP contribution in [0.4, 0.5) is 5.69 Å². The Labute approximate surface area is 194 Å². The molecule has 0 bridgehead atoms. The zero-order valence-electron chi connectivity index (χ0n) is 18.9. The van der Waals surface area contributed by atoms with Crippen LogP contribution in [0.1, 0.15) is 22.6 Å². The molecular weight excluding hydrogens is 410 g/mol. The van der Waals surface area contributed by atoms with Crippen LogP contribution in [0.5, 0.6) is 0 Å². The molecule has 1 N–H and O–H groups in total. The molecule has 0 saturated heterocycles. The normalized spacial score (nSPS) is 10.9. The van der Waals surface area contributed by atoms with Gasteiger partial charge in [-0.05, 0) is 63.3 Å². The van der Waals surface area contributed by atoms with Gasteiger partial charge in [0.15, 0.2) is 5.82 Å². The zero-order chi connectivity index (χ0) is 23.0. The molecule has 0 aliphatic carbocycles. The number of para-hydroxylation sites is 1. The minimum atomic E-state index is -0.259. The number of carbonyl (C=O) groups is 1. The molecule has 6 heteroatoms. The SMILES string of the molecule is CN(C)CCCc1cc(C(=O)Nc2ccccc2-c2ccncc2)nc(-c2ccccc2)n1.